The van der Waals surface area contributed by atoms with Gasteiger partial charge in [0.25, 0.3) is 0 Å². The Kier molecular flexibility index (Phi) is 4.84. The van der Waals surface area contributed by atoms with Gasteiger partial charge in [0.2, 0.25) is 0 Å². The Labute approximate surface area is 144 Å². The van der Waals surface area contributed by atoms with Crippen LogP contribution in [0.25, 0.3) is 16.8 Å². The second kappa shape index (κ2) is 7.04. The monoisotopic (exact) mass is 319 g/mol. The molecular weight excluding hydrogens is 294 g/mol. The third-order valence-corrected chi connectivity index (χ3v) is 4.23. The minimum absolute atomic E-state index is 0.158. The minimum atomic E-state index is 0.158. The topological polar surface area (TPSA) is 22.1 Å². The first-order valence-corrected chi connectivity index (χ1v) is 8.67. The number of benzene rings is 1. The Balaban J connectivity index is 1.92. The highest BCUT2D eigenvalue weighted by atomic mass is 16.5. The summed E-state index contributed by atoms with van der Waals surface area (Å²) in [7, 11) is 0. The number of hydrogen-bond acceptors (Lipinski definition) is 2. The Morgan fingerprint density at radius 2 is 2.00 bits per heavy atom. The van der Waals surface area contributed by atoms with Crippen LogP contribution < -0.4 is 0 Å². The smallest absolute Gasteiger partial charge is 0.122 e. The summed E-state index contributed by atoms with van der Waals surface area (Å²) in [6, 6.07) is 10.4. The summed E-state index contributed by atoms with van der Waals surface area (Å²) in [4.78, 5) is 4.54. The summed E-state index contributed by atoms with van der Waals surface area (Å²) in [5.41, 5.74) is 2.30. The maximum absolute atomic E-state index is 5.94. The van der Waals surface area contributed by atoms with E-state index in [-0.39, 0.29) is 5.41 Å². The molecule has 1 aliphatic rings. The molecule has 24 heavy (non-hydrogen) atoms. The molecule has 0 fully saturated rings. The van der Waals surface area contributed by atoms with Crippen LogP contribution in [-0.2, 0) is 4.74 Å². The standard InChI is InChI=1S/C22H25NO/c1-4-15-24-21-11-13-22(2,3)16-18(21)9-10-20-19-8-6-5-7-17(19)12-14-23-20/h5-12,14,16H,4,13,15H2,1-3H3. The van der Waals surface area contributed by atoms with Crippen LogP contribution in [0.3, 0.4) is 0 Å². The molecule has 2 heteroatoms. The molecule has 0 amide bonds. The van der Waals surface area contributed by atoms with E-state index in [4.69, 9.17) is 4.74 Å². The predicted octanol–water partition coefficient (Wildman–Crippen LogP) is 5.91. The molecule has 0 unspecified atom stereocenters. The summed E-state index contributed by atoms with van der Waals surface area (Å²) < 4.78 is 5.94. The quantitative estimate of drug-likeness (QED) is 0.683. The van der Waals surface area contributed by atoms with Gasteiger partial charge in [-0.25, -0.2) is 0 Å². The number of rotatable bonds is 5. The van der Waals surface area contributed by atoms with Gasteiger partial charge in [-0.3, -0.25) is 4.98 Å². The number of hydrogen-bond donors (Lipinski definition) is 0. The molecule has 0 saturated carbocycles. The van der Waals surface area contributed by atoms with Crippen molar-refractivity contribution in [1.82, 2.24) is 4.98 Å². The third-order valence-electron chi connectivity index (χ3n) is 4.23. The van der Waals surface area contributed by atoms with Crippen LogP contribution in [0.5, 0.6) is 0 Å². The van der Waals surface area contributed by atoms with E-state index >= 15 is 0 Å². The van der Waals surface area contributed by atoms with E-state index in [1.54, 1.807) is 0 Å². The van der Waals surface area contributed by atoms with Gasteiger partial charge in [0.05, 0.1) is 12.3 Å². The lowest BCUT2D eigenvalue weighted by Crippen LogP contribution is -2.13. The van der Waals surface area contributed by atoms with Crippen LogP contribution >= 0.6 is 0 Å². The summed E-state index contributed by atoms with van der Waals surface area (Å²) in [6.07, 6.45) is 12.6. The van der Waals surface area contributed by atoms with Crippen LogP contribution in [0.4, 0.5) is 0 Å². The zero-order valence-corrected chi connectivity index (χ0v) is 14.8. The van der Waals surface area contributed by atoms with E-state index in [0.717, 1.165) is 36.5 Å². The van der Waals surface area contributed by atoms with Crippen molar-refractivity contribution in [3.05, 3.63) is 71.8 Å². The molecule has 1 heterocycles. The first-order valence-electron chi connectivity index (χ1n) is 8.67. The van der Waals surface area contributed by atoms with Crippen LogP contribution in [-0.4, -0.2) is 11.6 Å². The van der Waals surface area contributed by atoms with Crippen LogP contribution in [0.1, 0.15) is 39.3 Å². The molecular formula is C22H25NO. The molecule has 0 aliphatic heterocycles. The molecule has 0 bridgehead atoms. The third kappa shape index (κ3) is 3.76. The molecule has 1 aromatic carbocycles. The van der Waals surface area contributed by atoms with E-state index in [1.165, 1.54) is 10.8 Å². The van der Waals surface area contributed by atoms with Crippen molar-refractivity contribution in [3.8, 4) is 0 Å². The van der Waals surface area contributed by atoms with Crippen molar-refractivity contribution in [3.63, 3.8) is 0 Å². The first kappa shape index (κ1) is 16.5. The Morgan fingerprint density at radius 3 is 2.83 bits per heavy atom. The van der Waals surface area contributed by atoms with Crippen molar-refractivity contribution >= 4 is 16.8 Å². The average molecular weight is 319 g/mol. The van der Waals surface area contributed by atoms with Crippen molar-refractivity contribution < 1.29 is 4.74 Å². The van der Waals surface area contributed by atoms with E-state index in [2.05, 4.69) is 74.3 Å². The van der Waals surface area contributed by atoms with E-state index in [9.17, 15) is 0 Å². The van der Waals surface area contributed by atoms with Crippen molar-refractivity contribution in [1.29, 1.82) is 0 Å². The van der Waals surface area contributed by atoms with Gasteiger partial charge in [0, 0.05) is 17.2 Å². The molecule has 1 aromatic heterocycles. The van der Waals surface area contributed by atoms with Crippen LogP contribution in [0.15, 0.2) is 66.1 Å². The summed E-state index contributed by atoms with van der Waals surface area (Å²) >= 11 is 0. The first-order chi connectivity index (χ1) is 11.6. The normalized spacial score (nSPS) is 17.0. The number of ether oxygens (including phenoxy) is 1. The number of fused-ring (bicyclic) bond motifs is 1. The molecule has 1 aliphatic carbocycles. The second-order valence-corrected chi connectivity index (χ2v) is 6.96. The molecule has 0 radical (unpaired) electrons. The van der Waals surface area contributed by atoms with E-state index in [1.807, 2.05) is 12.3 Å². The molecule has 124 valence electrons. The van der Waals surface area contributed by atoms with E-state index in [0.29, 0.717) is 0 Å². The lowest BCUT2D eigenvalue weighted by atomic mass is 9.82. The van der Waals surface area contributed by atoms with Gasteiger partial charge in [-0.05, 0) is 47.9 Å². The molecule has 0 spiro atoms. The highest BCUT2D eigenvalue weighted by Crippen LogP contribution is 2.34. The maximum Gasteiger partial charge on any atom is 0.122 e. The van der Waals surface area contributed by atoms with Crippen LogP contribution in [0.2, 0.25) is 0 Å². The summed E-state index contributed by atoms with van der Waals surface area (Å²) in [6.45, 7) is 7.39. The van der Waals surface area contributed by atoms with Gasteiger partial charge < -0.3 is 4.74 Å². The van der Waals surface area contributed by atoms with Gasteiger partial charge in [0.15, 0.2) is 0 Å². The Hall–Kier alpha value is -2.35. The fraction of sp³-hybridized carbons (Fsp3) is 0.318. The highest BCUT2D eigenvalue weighted by Gasteiger charge is 2.21. The zero-order chi connectivity index (χ0) is 17.0. The van der Waals surface area contributed by atoms with Crippen molar-refractivity contribution in [2.45, 2.75) is 33.6 Å². The summed E-state index contributed by atoms with van der Waals surface area (Å²) in [5.74, 6) is 0.993. The highest BCUT2D eigenvalue weighted by molar-refractivity contribution is 5.89. The Bertz CT molecular complexity index is 806. The second-order valence-electron chi connectivity index (χ2n) is 6.96. The summed E-state index contributed by atoms with van der Waals surface area (Å²) in [5, 5.41) is 2.38. The minimum Gasteiger partial charge on any atom is -0.493 e. The van der Waals surface area contributed by atoms with Gasteiger partial charge in [0.1, 0.15) is 5.76 Å². The fourth-order valence-electron chi connectivity index (χ4n) is 2.95. The van der Waals surface area contributed by atoms with Crippen LogP contribution in [0, 0.1) is 5.41 Å². The van der Waals surface area contributed by atoms with Gasteiger partial charge in [-0.1, -0.05) is 51.1 Å². The predicted molar refractivity (Wildman–Crippen MR) is 102 cm³/mol. The van der Waals surface area contributed by atoms with Crippen molar-refractivity contribution in [2.24, 2.45) is 5.41 Å². The zero-order valence-electron chi connectivity index (χ0n) is 14.8. The molecule has 2 nitrogen and oxygen atoms in total. The number of pyridine rings is 1. The molecule has 3 rings (SSSR count). The fourth-order valence-corrected chi connectivity index (χ4v) is 2.95. The lowest BCUT2D eigenvalue weighted by Gasteiger charge is -2.26. The molecule has 0 N–H and O–H groups in total. The number of aromatic nitrogens is 1. The maximum atomic E-state index is 5.94. The van der Waals surface area contributed by atoms with E-state index < -0.39 is 0 Å². The van der Waals surface area contributed by atoms with Crippen molar-refractivity contribution in [2.75, 3.05) is 6.61 Å². The SMILES string of the molecule is CCCOC1=CCC(C)(C)C=C1C=Cc1nccc2ccccc12. The van der Waals surface area contributed by atoms with Gasteiger partial charge >= 0.3 is 0 Å². The number of allylic oxidation sites excluding steroid dienone is 3. The van der Waals surface area contributed by atoms with Gasteiger partial charge in [-0.2, -0.15) is 0 Å². The molecule has 2 aromatic rings. The average Bonchev–Trinajstić information content (AvgIpc) is 2.58. The number of nitrogens with zero attached hydrogens (tertiary/aromatic N) is 1. The molecule has 0 atom stereocenters. The molecule has 0 saturated heterocycles. The van der Waals surface area contributed by atoms with Gasteiger partial charge in [-0.15, -0.1) is 0 Å². The largest absolute Gasteiger partial charge is 0.493 e. The Morgan fingerprint density at radius 1 is 1.17 bits per heavy atom. The lowest BCUT2D eigenvalue weighted by molar-refractivity contribution is 0.215.